The van der Waals surface area contributed by atoms with Crippen molar-refractivity contribution in [3.05, 3.63) is 104 Å². The first-order valence-electron chi connectivity index (χ1n) is 8.40. The number of rotatable bonds is 6. The molecule has 1 amide bonds. The van der Waals surface area contributed by atoms with Crippen LogP contribution in [0.25, 0.3) is 0 Å². The molecule has 0 bridgehead atoms. The Kier molecular flexibility index (Phi) is 5.50. The van der Waals surface area contributed by atoms with Gasteiger partial charge in [0.25, 0.3) is 17.2 Å². The number of non-ortho nitro benzene ring substituents is 1. The molecule has 0 atom stereocenters. The number of nitro groups is 1. The highest BCUT2D eigenvalue weighted by Crippen LogP contribution is 2.15. The SMILES string of the molecule is Cc1cccc(COn2cccc(C(=O)Nc3ccc([N+](=O)[O-])cc3)c2=O)c1. The van der Waals surface area contributed by atoms with Gasteiger partial charge < -0.3 is 10.2 Å². The van der Waals surface area contributed by atoms with Crippen molar-refractivity contribution in [3.8, 4) is 0 Å². The summed E-state index contributed by atoms with van der Waals surface area (Å²) in [6.07, 6.45) is 1.43. The molecule has 3 aromatic rings. The Hall–Kier alpha value is -3.94. The molecule has 0 fully saturated rings. The van der Waals surface area contributed by atoms with Gasteiger partial charge in [0.05, 0.1) is 4.92 Å². The Labute approximate surface area is 160 Å². The third kappa shape index (κ3) is 4.42. The molecule has 0 aliphatic rings. The maximum absolute atomic E-state index is 12.5. The predicted octanol–water partition coefficient (Wildman–Crippen LogP) is 2.95. The standard InChI is InChI=1S/C20H17N3O5/c1-14-4-2-5-15(12-14)13-28-22-11-3-6-18(20(22)25)19(24)21-16-7-9-17(10-8-16)23(26)27/h2-12H,13H2,1H3,(H,21,24). The lowest BCUT2D eigenvalue weighted by molar-refractivity contribution is -0.384. The fraction of sp³-hybridized carbons (Fsp3) is 0.100. The number of benzene rings is 2. The fourth-order valence-electron chi connectivity index (χ4n) is 2.56. The van der Waals surface area contributed by atoms with Crippen molar-refractivity contribution in [2.24, 2.45) is 0 Å². The number of aromatic nitrogens is 1. The quantitative estimate of drug-likeness (QED) is 0.524. The lowest BCUT2D eigenvalue weighted by atomic mass is 10.1. The number of carbonyl (C=O) groups is 1. The molecule has 0 saturated carbocycles. The van der Waals surface area contributed by atoms with Crippen LogP contribution in [0, 0.1) is 17.0 Å². The molecule has 3 rings (SSSR count). The van der Waals surface area contributed by atoms with Crippen molar-refractivity contribution in [2.45, 2.75) is 13.5 Å². The number of hydrogen-bond donors (Lipinski definition) is 1. The monoisotopic (exact) mass is 379 g/mol. The smallest absolute Gasteiger partial charge is 0.295 e. The van der Waals surface area contributed by atoms with Gasteiger partial charge in [-0.15, -0.1) is 0 Å². The summed E-state index contributed by atoms with van der Waals surface area (Å²) in [5.41, 5.74) is 1.51. The third-order valence-corrected chi connectivity index (χ3v) is 3.95. The van der Waals surface area contributed by atoms with Gasteiger partial charge in [-0.05, 0) is 36.8 Å². The van der Waals surface area contributed by atoms with E-state index in [1.807, 2.05) is 31.2 Å². The summed E-state index contributed by atoms with van der Waals surface area (Å²) in [5, 5.41) is 13.2. The minimum atomic E-state index is -0.632. The lowest BCUT2D eigenvalue weighted by Crippen LogP contribution is -2.32. The maximum Gasteiger partial charge on any atom is 0.295 e. The zero-order valence-electron chi connectivity index (χ0n) is 15.0. The van der Waals surface area contributed by atoms with Crippen molar-refractivity contribution in [1.82, 2.24) is 4.73 Å². The Morgan fingerprint density at radius 3 is 2.57 bits per heavy atom. The summed E-state index contributed by atoms with van der Waals surface area (Å²) in [7, 11) is 0. The topological polar surface area (TPSA) is 103 Å². The molecular formula is C20H17N3O5. The minimum absolute atomic E-state index is 0.0929. The van der Waals surface area contributed by atoms with Crippen LogP contribution in [0.15, 0.2) is 71.7 Å². The number of carbonyl (C=O) groups excluding carboxylic acids is 1. The maximum atomic E-state index is 12.5. The van der Waals surface area contributed by atoms with E-state index < -0.39 is 16.4 Å². The Bertz CT molecular complexity index is 1070. The highest BCUT2D eigenvalue weighted by molar-refractivity contribution is 6.04. The van der Waals surface area contributed by atoms with Gasteiger partial charge in [0, 0.05) is 24.0 Å². The lowest BCUT2D eigenvalue weighted by Gasteiger charge is -2.10. The summed E-state index contributed by atoms with van der Waals surface area (Å²) >= 11 is 0. The van der Waals surface area contributed by atoms with Crippen LogP contribution in [0.1, 0.15) is 21.5 Å². The average molecular weight is 379 g/mol. The molecule has 8 heteroatoms. The normalized spacial score (nSPS) is 10.3. The average Bonchev–Trinajstić information content (AvgIpc) is 2.67. The number of pyridine rings is 1. The van der Waals surface area contributed by atoms with E-state index in [1.54, 1.807) is 0 Å². The number of anilines is 1. The molecule has 0 saturated heterocycles. The first-order chi connectivity index (χ1) is 13.4. The number of hydrogen-bond acceptors (Lipinski definition) is 5. The molecule has 1 N–H and O–H groups in total. The first-order valence-corrected chi connectivity index (χ1v) is 8.40. The van der Waals surface area contributed by atoms with Crippen molar-refractivity contribution >= 4 is 17.3 Å². The zero-order chi connectivity index (χ0) is 20.1. The zero-order valence-corrected chi connectivity index (χ0v) is 15.0. The molecule has 0 aliphatic heterocycles. The van der Waals surface area contributed by atoms with E-state index in [9.17, 15) is 19.7 Å². The molecular weight excluding hydrogens is 362 g/mol. The molecule has 0 aliphatic carbocycles. The van der Waals surface area contributed by atoms with Gasteiger partial charge in [-0.25, -0.2) is 0 Å². The van der Waals surface area contributed by atoms with Crippen molar-refractivity contribution in [3.63, 3.8) is 0 Å². The summed E-state index contributed by atoms with van der Waals surface area (Å²) < 4.78 is 1.01. The van der Waals surface area contributed by atoms with E-state index in [2.05, 4.69) is 5.32 Å². The van der Waals surface area contributed by atoms with Crippen molar-refractivity contribution in [1.29, 1.82) is 0 Å². The second-order valence-corrected chi connectivity index (χ2v) is 6.07. The van der Waals surface area contributed by atoms with E-state index in [0.29, 0.717) is 5.69 Å². The van der Waals surface area contributed by atoms with E-state index in [0.717, 1.165) is 15.9 Å². The minimum Gasteiger partial charge on any atom is -0.406 e. The van der Waals surface area contributed by atoms with Gasteiger partial charge in [0.2, 0.25) is 0 Å². The molecule has 0 spiro atoms. The van der Waals surface area contributed by atoms with Crippen LogP contribution in [0.5, 0.6) is 0 Å². The molecule has 142 valence electrons. The van der Waals surface area contributed by atoms with Crippen LogP contribution in [0.4, 0.5) is 11.4 Å². The molecule has 8 nitrogen and oxygen atoms in total. The van der Waals surface area contributed by atoms with E-state index in [-0.39, 0.29) is 17.9 Å². The second kappa shape index (κ2) is 8.17. The van der Waals surface area contributed by atoms with Gasteiger partial charge in [0.15, 0.2) is 0 Å². The van der Waals surface area contributed by atoms with Crippen molar-refractivity contribution < 1.29 is 14.6 Å². The van der Waals surface area contributed by atoms with Gasteiger partial charge in [-0.1, -0.05) is 29.8 Å². The Balaban J connectivity index is 1.73. The molecule has 0 radical (unpaired) electrons. The van der Waals surface area contributed by atoms with Crippen LogP contribution >= 0.6 is 0 Å². The number of nitrogens with one attached hydrogen (secondary N) is 1. The molecule has 1 heterocycles. The van der Waals surface area contributed by atoms with Crippen LogP contribution in [-0.4, -0.2) is 15.6 Å². The predicted molar refractivity (Wildman–Crippen MR) is 103 cm³/mol. The summed E-state index contributed by atoms with van der Waals surface area (Å²) in [6.45, 7) is 2.13. The van der Waals surface area contributed by atoms with Gasteiger partial charge in [0.1, 0.15) is 12.2 Å². The Morgan fingerprint density at radius 2 is 1.89 bits per heavy atom. The number of nitro benzene ring substituents is 1. The summed E-state index contributed by atoms with van der Waals surface area (Å²) in [6, 6.07) is 15.9. The third-order valence-electron chi connectivity index (χ3n) is 3.95. The fourth-order valence-corrected chi connectivity index (χ4v) is 2.56. The van der Waals surface area contributed by atoms with Crippen LogP contribution in [-0.2, 0) is 6.61 Å². The Morgan fingerprint density at radius 1 is 1.14 bits per heavy atom. The van der Waals surface area contributed by atoms with Crippen molar-refractivity contribution in [2.75, 3.05) is 5.32 Å². The first kappa shape index (κ1) is 18.8. The van der Waals surface area contributed by atoms with Crippen LogP contribution in [0.3, 0.4) is 0 Å². The van der Waals surface area contributed by atoms with Gasteiger partial charge in [-0.2, -0.15) is 4.73 Å². The van der Waals surface area contributed by atoms with Gasteiger partial charge >= 0.3 is 0 Å². The molecule has 1 aromatic heterocycles. The molecule has 0 unspecified atom stereocenters. The van der Waals surface area contributed by atoms with E-state index >= 15 is 0 Å². The van der Waals surface area contributed by atoms with Crippen LogP contribution in [0.2, 0.25) is 0 Å². The molecule has 2 aromatic carbocycles. The van der Waals surface area contributed by atoms with Crippen LogP contribution < -0.4 is 15.7 Å². The van der Waals surface area contributed by atoms with E-state index in [1.165, 1.54) is 42.6 Å². The highest BCUT2D eigenvalue weighted by Gasteiger charge is 2.14. The number of aryl methyl sites for hydroxylation is 1. The van der Waals surface area contributed by atoms with Gasteiger partial charge in [-0.3, -0.25) is 19.7 Å². The summed E-state index contributed by atoms with van der Waals surface area (Å²) in [4.78, 5) is 40.6. The van der Waals surface area contributed by atoms with E-state index in [4.69, 9.17) is 4.84 Å². The molecule has 28 heavy (non-hydrogen) atoms. The number of nitrogens with zero attached hydrogens (tertiary/aromatic N) is 2. The summed E-state index contributed by atoms with van der Waals surface area (Å²) in [5.74, 6) is -0.632. The highest BCUT2D eigenvalue weighted by atomic mass is 16.7. The second-order valence-electron chi connectivity index (χ2n) is 6.07. The number of amides is 1. The largest absolute Gasteiger partial charge is 0.406 e.